The minimum Gasteiger partial charge on any atom is -0.484 e. The van der Waals surface area contributed by atoms with E-state index in [1.165, 1.54) is 12.1 Å². The van der Waals surface area contributed by atoms with E-state index in [-0.39, 0.29) is 23.1 Å². The fraction of sp³-hybridized carbons (Fsp3) is 0.263. The second-order valence-electron chi connectivity index (χ2n) is 6.25. The Kier molecular flexibility index (Phi) is 5.46. The van der Waals surface area contributed by atoms with Gasteiger partial charge in [-0.3, -0.25) is 9.59 Å². The van der Waals surface area contributed by atoms with E-state index in [0.29, 0.717) is 18.7 Å². The molecule has 8 heteroatoms. The zero-order valence-electron chi connectivity index (χ0n) is 14.8. The second-order valence-corrected chi connectivity index (χ2v) is 8.24. The molecule has 0 radical (unpaired) electrons. The van der Waals surface area contributed by atoms with Crippen molar-refractivity contribution in [2.75, 3.05) is 29.6 Å². The first-order valence-corrected chi connectivity index (χ1v) is 10.4. The molecule has 0 saturated carbocycles. The molecule has 0 atom stereocenters. The number of para-hydroxylation sites is 1. The molecule has 0 spiro atoms. The second kappa shape index (κ2) is 7.79. The highest BCUT2D eigenvalue weighted by atomic mass is 32.2. The fourth-order valence-electron chi connectivity index (χ4n) is 2.89. The van der Waals surface area contributed by atoms with E-state index in [9.17, 15) is 18.0 Å². The van der Waals surface area contributed by atoms with Crippen molar-refractivity contribution in [2.24, 2.45) is 0 Å². The van der Waals surface area contributed by atoms with E-state index >= 15 is 0 Å². The van der Waals surface area contributed by atoms with Gasteiger partial charge in [0.2, 0.25) is 5.91 Å². The summed E-state index contributed by atoms with van der Waals surface area (Å²) in [5, 5.41) is 2.56. The monoisotopic (exact) mass is 388 g/mol. The number of carbonyl (C=O) groups is 2. The Balaban J connectivity index is 1.64. The molecule has 0 aromatic heterocycles. The summed E-state index contributed by atoms with van der Waals surface area (Å²) >= 11 is 0. The fourth-order valence-corrected chi connectivity index (χ4v) is 3.74. The summed E-state index contributed by atoms with van der Waals surface area (Å²) in [6.07, 6.45) is 2.44. The lowest BCUT2D eigenvalue weighted by Gasteiger charge is -2.16. The minimum absolute atomic E-state index is 0.0490. The van der Waals surface area contributed by atoms with E-state index < -0.39 is 15.7 Å². The molecule has 1 aliphatic rings. The topological polar surface area (TPSA) is 92.8 Å². The highest BCUT2D eigenvalue weighted by Crippen LogP contribution is 2.25. The van der Waals surface area contributed by atoms with Crippen LogP contribution in [0.1, 0.15) is 12.8 Å². The Morgan fingerprint density at radius 2 is 1.96 bits per heavy atom. The van der Waals surface area contributed by atoms with Crippen LogP contribution in [-0.4, -0.2) is 39.6 Å². The van der Waals surface area contributed by atoms with Gasteiger partial charge in [0.15, 0.2) is 16.4 Å². The maximum absolute atomic E-state index is 12.2. The molecule has 142 valence electrons. The van der Waals surface area contributed by atoms with Gasteiger partial charge in [-0.2, -0.15) is 0 Å². The van der Waals surface area contributed by atoms with Crippen molar-refractivity contribution in [2.45, 2.75) is 17.7 Å². The molecule has 7 nitrogen and oxygen atoms in total. The number of anilines is 2. The van der Waals surface area contributed by atoms with E-state index in [1.807, 2.05) is 6.07 Å². The summed E-state index contributed by atoms with van der Waals surface area (Å²) in [7, 11) is -3.46. The van der Waals surface area contributed by atoms with Crippen molar-refractivity contribution < 1.29 is 22.7 Å². The molecule has 3 rings (SSSR count). The molecular formula is C19H20N2O5S. The van der Waals surface area contributed by atoms with Crippen LogP contribution in [0.3, 0.4) is 0 Å². The van der Waals surface area contributed by atoms with Gasteiger partial charge in [-0.05, 0) is 30.7 Å². The standard InChI is InChI=1S/C19H20N2O5S/c1-27(24,25)17-9-3-2-8-16(17)20-18(22)13-26-15-7-4-6-14(12-15)21-11-5-10-19(21)23/h2-4,6-9,12H,5,10-11,13H2,1H3,(H,20,22). The molecule has 0 unspecified atom stereocenters. The van der Waals surface area contributed by atoms with Gasteiger partial charge in [-0.25, -0.2) is 8.42 Å². The lowest BCUT2D eigenvalue weighted by molar-refractivity contribution is -0.118. The Hall–Kier alpha value is -2.87. The van der Waals surface area contributed by atoms with Crippen LogP contribution in [0.15, 0.2) is 53.4 Å². The minimum atomic E-state index is -3.46. The smallest absolute Gasteiger partial charge is 0.262 e. The maximum atomic E-state index is 12.2. The summed E-state index contributed by atoms with van der Waals surface area (Å²) in [6.45, 7) is 0.389. The molecule has 2 aromatic carbocycles. The number of ether oxygens (including phenoxy) is 1. The highest BCUT2D eigenvalue weighted by molar-refractivity contribution is 7.90. The summed E-state index contributed by atoms with van der Waals surface area (Å²) in [6, 6.07) is 13.2. The van der Waals surface area contributed by atoms with Gasteiger partial charge in [0.25, 0.3) is 5.91 Å². The van der Waals surface area contributed by atoms with Crippen LogP contribution in [0.4, 0.5) is 11.4 Å². The third-order valence-corrected chi connectivity index (χ3v) is 5.29. The van der Waals surface area contributed by atoms with Crippen molar-refractivity contribution in [1.82, 2.24) is 0 Å². The Morgan fingerprint density at radius 3 is 2.67 bits per heavy atom. The normalized spacial score (nSPS) is 14.3. The van der Waals surface area contributed by atoms with Gasteiger partial charge >= 0.3 is 0 Å². The molecule has 1 aliphatic heterocycles. The zero-order chi connectivity index (χ0) is 19.4. The lowest BCUT2D eigenvalue weighted by atomic mass is 10.3. The van der Waals surface area contributed by atoms with Gasteiger partial charge < -0.3 is 15.0 Å². The Morgan fingerprint density at radius 1 is 1.19 bits per heavy atom. The predicted molar refractivity (Wildman–Crippen MR) is 102 cm³/mol. The number of nitrogens with one attached hydrogen (secondary N) is 1. The van der Waals surface area contributed by atoms with Crippen LogP contribution >= 0.6 is 0 Å². The molecule has 1 fully saturated rings. The first kappa shape index (κ1) is 18.9. The van der Waals surface area contributed by atoms with Crippen molar-refractivity contribution >= 4 is 33.0 Å². The van der Waals surface area contributed by atoms with E-state index in [2.05, 4.69) is 5.32 Å². The first-order valence-electron chi connectivity index (χ1n) is 8.47. The van der Waals surface area contributed by atoms with Crippen molar-refractivity contribution in [3.8, 4) is 5.75 Å². The number of hydrogen-bond donors (Lipinski definition) is 1. The van der Waals surface area contributed by atoms with Gasteiger partial charge in [0, 0.05) is 31.0 Å². The summed E-state index contributed by atoms with van der Waals surface area (Å²) in [4.78, 5) is 25.7. The molecule has 2 aromatic rings. The Bertz CT molecular complexity index is 972. The van der Waals surface area contributed by atoms with Crippen molar-refractivity contribution in [3.05, 3.63) is 48.5 Å². The summed E-state index contributed by atoms with van der Waals surface area (Å²) in [5.41, 5.74) is 0.947. The van der Waals surface area contributed by atoms with Crippen molar-refractivity contribution in [3.63, 3.8) is 0 Å². The highest BCUT2D eigenvalue weighted by Gasteiger charge is 2.22. The number of sulfone groups is 1. The molecule has 0 bridgehead atoms. The summed E-state index contributed by atoms with van der Waals surface area (Å²) in [5.74, 6) is 0.0507. The van der Waals surface area contributed by atoms with Gasteiger partial charge in [-0.1, -0.05) is 18.2 Å². The number of hydrogen-bond acceptors (Lipinski definition) is 5. The number of benzene rings is 2. The average Bonchev–Trinajstić information content (AvgIpc) is 3.06. The van der Waals surface area contributed by atoms with Gasteiger partial charge in [0.05, 0.1) is 10.6 Å². The average molecular weight is 388 g/mol. The molecular weight excluding hydrogens is 368 g/mol. The van der Waals surface area contributed by atoms with Crippen LogP contribution in [0.25, 0.3) is 0 Å². The third-order valence-electron chi connectivity index (χ3n) is 4.13. The zero-order valence-corrected chi connectivity index (χ0v) is 15.7. The molecule has 1 saturated heterocycles. The van der Waals surface area contributed by atoms with Crippen LogP contribution in [0.2, 0.25) is 0 Å². The molecule has 1 N–H and O–H groups in total. The van der Waals surface area contributed by atoms with Crippen LogP contribution in [0, 0.1) is 0 Å². The van der Waals surface area contributed by atoms with Gasteiger partial charge in [-0.15, -0.1) is 0 Å². The largest absolute Gasteiger partial charge is 0.484 e. The van der Waals surface area contributed by atoms with E-state index in [0.717, 1.165) is 18.4 Å². The molecule has 27 heavy (non-hydrogen) atoms. The number of nitrogens with zero attached hydrogens (tertiary/aromatic N) is 1. The third kappa shape index (κ3) is 4.65. The molecule has 2 amide bonds. The maximum Gasteiger partial charge on any atom is 0.262 e. The van der Waals surface area contributed by atoms with Crippen LogP contribution < -0.4 is 15.0 Å². The van der Waals surface area contributed by atoms with E-state index in [1.54, 1.807) is 35.2 Å². The van der Waals surface area contributed by atoms with Crippen molar-refractivity contribution in [1.29, 1.82) is 0 Å². The summed E-state index contributed by atoms with van der Waals surface area (Å²) < 4.78 is 29.1. The number of carbonyl (C=O) groups excluding carboxylic acids is 2. The lowest BCUT2D eigenvalue weighted by Crippen LogP contribution is -2.24. The first-order chi connectivity index (χ1) is 12.8. The van der Waals surface area contributed by atoms with Crippen LogP contribution in [0.5, 0.6) is 5.75 Å². The SMILES string of the molecule is CS(=O)(=O)c1ccccc1NC(=O)COc1cccc(N2CCCC2=O)c1. The number of rotatable bonds is 6. The molecule has 1 heterocycles. The quantitative estimate of drug-likeness (QED) is 0.819. The predicted octanol–water partition coefficient (Wildman–Crippen LogP) is 2.23. The van der Waals surface area contributed by atoms with Crippen LogP contribution in [-0.2, 0) is 19.4 Å². The Labute approximate surface area is 157 Å². The van der Waals surface area contributed by atoms with Gasteiger partial charge in [0.1, 0.15) is 5.75 Å². The molecule has 0 aliphatic carbocycles. The number of amides is 2. The van der Waals surface area contributed by atoms with E-state index in [4.69, 9.17) is 4.74 Å².